The minimum atomic E-state index is 0.124. The fraction of sp³-hybridized carbons (Fsp3) is 0.533. The number of nitrogens with zero attached hydrogens (tertiary/aromatic N) is 1. The highest BCUT2D eigenvalue weighted by molar-refractivity contribution is 5.98. The van der Waals surface area contributed by atoms with Crippen LogP contribution in [0, 0.1) is 0 Å². The molecule has 1 aromatic carbocycles. The Bertz CT molecular complexity index is 536. The lowest BCUT2D eigenvalue weighted by Gasteiger charge is -2.19. The minimum absolute atomic E-state index is 0.124. The lowest BCUT2D eigenvalue weighted by Crippen LogP contribution is -2.27. The van der Waals surface area contributed by atoms with Gasteiger partial charge in [-0.05, 0) is 36.5 Å². The molecule has 0 aromatic heterocycles. The summed E-state index contributed by atoms with van der Waals surface area (Å²) in [6, 6.07) is 4.57. The normalized spacial score (nSPS) is 20.9. The molecule has 4 nitrogen and oxygen atoms in total. The molecule has 2 N–H and O–H groups in total. The molecular formula is C15H19N3O. The van der Waals surface area contributed by atoms with Crippen LogP contribution in [-0.4, -0.2) is 31.6 Å². The lowest BCUT2D eigenvalue weighted by atomic mass is 10.00. The van der Waals surface area contributed by atoms with Crippen LogP contribution in [0.1, 0.15) is 34.3 Å². The first-order valence-electron chi connectivity index (χ1n) is 7.24. The standard InChI is InChI=1S/C15H19N3O/c19-15(17-11-2-3-11)13-4-1-10-9-16-6-8-18-7-5-12(13)14(10)18/h1,4,11,16H,2-3,5-9H2,(H,17,19). The van der Waals surface area contributed by atoms with E-state index in [1.807, 2.05) is 6.07 Å². The number of hydrogen-bond acceptors (Lipinski definition) is 3. The summed E-state index contributed by atoms with van der Waals surface area (Å²) < 4.78 is 0. The van der Waals surface area contributed by atoms with Gasteiger partial charge in [0.25, 0.3) is 5.91 Å². The van der Waals surface area contributed by atoms with E-state index in [2.05, 4.69) is 21.6 Å². The van der Waals surface area contributed by atoms with E-state index in [4.69, 9.17) is 0 Å². The molecule has 3 aliphatic rings. The maximum absolute atomic E-state index is 12.3. The number of nitrogens with one attached hydrogen (secondary N) is 2. The van der Waals surface area contributed by atoms with Crippen LogP contribution in [0.4, 0.5) is 5.69 Å². The second-order valence-corrected chi connectivity index (χ2v) is 5.76. The Hall–Kier alpha value is -1.55. The number of benzene rings is 1. The van der Waals surface area contributed by atoms with Crippen molar-refractivity contribution in [3.63, 3.8) is 0 Å². The highest BCUT2D eigenvalue weighted by atomic mass is 16.1. The third-order valence-electron chi connectivity index (χ3n) is 4.35. The van der Waals surface area contributed by atoms with E-state index < -0.39 is 0 Å². The smallest absolute Gasteiger partial charge is 0.251 e. The monoisotopic (exact) mass is 257 g/mol. The van der Waals surface area contributed by atoms with Crippen molar-refractivity contribution in [1.29, 1.82) is 0 Å². The van der Waals surface area contributed by atoms with Crippen LogP contribution in [0.15, 0.2) is 12.1 Å². The Morgan fingerprint density at radius 3 is 3.05 bits per heavy atom. The third kappa shape index (κ3) is 1.91. The van der Waals surface area contributed by atoms with E-state index in [9.17, 15) is 4.79 Å². The second kappa shape index (κ2) is 4.23. The first-order valence-corrected chi connectivity index (χ1v) is 7.24. The van der Waals surface area contributed by atoms with Gasteiger partial charge in [-0.25, -0.2) is 0 Å². The Morgan fingerprint density at radius 2 is 2.21 bits per heavy atom. The molecule has 0 atom stereocenters. The maximum Gasteiger partial charge on any atom is 0.251 e. The third-order valence-corrected chi connectivity index (χ3v) is 4.35. The minimum Gasteiger partial charge on any atom is -0.369 e. The summed E-state index contributed by atoms with van der Waals surface area (Å²) in [4.78, 5) is 14.7. The molecule has 0 unspecified atom stereocenters. The number of carbonyl (C=O) groups excluding carboxylic acids is 1. The lowest BCUT2D eigenvalue weighted by molar-refractivity contribution is 0.0950. The summed E-state index contributed by atoms with van der Waals surface area (Å²) in [5.74, 6) is 0.124. The molecule has 2 heterocycles. The van der Waals surface area contributed by atoms with Gasteiger partial charge in [0.2, 0.25) is 0 Å². The average Bonchev–Trinajstić information content (AvgIpc) is 3.15. The van der Waals surface area contributed by atoms with Crippen LogP contribution >= 0.6 is 0 Å². The molecule has 0 bridgehead atoms. The fourth-order valence-corrected chi connectivity index (χ4v) is 3.20. The Kier molecular flexibility index (Phi) is 2.52. The van der Waals surface area contributed by atoms with Crippen molar-refractivity contribution in [1.82, 2.24) is 10.6 Å². The van der Waals surface area contributed by atoms with E-state index in [0.717, 1.165) is 51.0 Å². The van der Waals surface area contributed by atoms with Crippen molar-refractivity contribution < 1.29 is 4.79 Å². The summed E-state index contributed by atoms with van der Waals surface area (Å²) in [5, 5.41) is 6.56. The van der Waals surface area contributed by atoms with Gasteiger partial charge < -0.3 is 15.5 Å². The van der Waals surface area contributed by atoms with Gasteiger partial charge in [0.1, 0.15) is 0 Å². The number of amides is 1. The summed E-state index contributed by atoms with van der Waals surface area (Å²) in [6.07, 6.45) is 3.29. The summed E-state index contributed by atoms with van der Waals surface area (Å²) in [7, 11) is 0. The zero-order chi connectivity index (χ0) is 12.8. The van der Waals surface area contributed by atoms with Crippen molar-refractivity contribution in [2.75, 3.05) is 24.5 Å². The highest BCUT2D eigenvalue weighted by Crippen LogP contribution is 2.35. The van der Waals surface area contributed by atoms with Crippen LogP contribution in [0.25, 0.3) is 0 Å². The molecule has 4 heteroatoms. The quantitative estimate of drug-likeness (QED) is 0.832. The van der Waals surface area contributed by atoms with Gasteiger partial charge in [-0.2, -0.15) is 0 Å². The van der Waals surface area contributed by atoms with E-state index in [-0.39, 0.29) is 5.91 Å². The molecule has 0 radical (unpaired) electrons. The molecular weight excluding hydrogens is 238 g/mol. The van der Waals surface area contributed by atoms with Crippen LogP contribution in [0.2, 0.25) is 0 Å². The average molecular weight is 257 g/mol. The van der Waals surface area contributed by atoms with Crippen molar-refractivity contribution in [3.05, 3.63) is 28.8 Å². The molecule has 1 aliphatic carbocycles. The van der Waals surface area contributed by atoms with E-state index in [1.54, 1.807) is 0 Å². The van der Waals surface area contributed by atoms with Crippen LogP contribution in [-0.2, 0) is 13.0 Å². The van der Waals surface area contributed by atoms with E-state index in [0.29, 0.717) is 6.04 Å². The van der Waals surface area contributed by atoms with Gasteiger partial charge >= 0.3 is 0 Å². The molecule has 1 amide bonds. The van der Waals surface area contributed by atoms with Gasteiger partial charge in [-0.1, -0.05) is 6.07 Å². The van der Waals surface area contributed by atoms with Crippen LogP contribution in [0.5, 0.6) is 0 Å². The molecule has 0 saturated heterocycles. The Balaban J connectivity index is 1.73. The summed E-state index contributed by atoms with van der Waals surface area (Å²) in [6.45, 7) is 4.05. The van der Waals surface area contributed by atoms with E-state index >= 15 is 0 Å². The van der Waals surface area contributed by atoms with Crippen LogP contribution < -0.4 is 15.5 Å². The summed E-state index contributed by atoms with van der Waals surface area (Å²) >= 11 is 0. The van der Waals surface area contributed by atoms with E-state index in [1.165, 1.54) is 16.8 Å². The van der Waals surface area contributed by atoms with Crippen molar-refractivity contribution in [2.45, 2.75) is 31.8 Å². The zero-order valence-electron chi connectivity index (χ0n) is 11.0. The molecule has 100 valence electrons. The van der Waals surface area contributed by atoms with Crippen LogP contribution in [0.3, 0.4) is 0 Å². The molecule has 4 rings (SSSR count). The molecule has 1 fully saturated rings. The number of carbonyl (C=O) groups is 1. The Labute approximate surface area is 113 Å². The predicted octanol–water partition coefficient (Wildman–Crippen LogP) is 1.04. The van der Waals surface area contributed by atoms with Gasteiger partial charge in [0.05, 0.1) is 0 Å². The van der Waals surface area contributed by atoms with Gasteiger partial charge in [0, 0.05) is 43.5 Å². The predicted molar refractivity (Wildman–Crippen MR) is 74.6 cm³/mol. The molecule has 1 aromatic rings. The van der Waals surface area contributed by atoms with Gasteiger partial charge in [-0.3, -0.25) is 4.79 Å². The largest absolute Gasteiger partial charge is 0.369 e. The topological polar surface area (TPSA) is 44.4 Å². The molecule has 2 aliphatic heterocycles. The summed E-state index contributed by atoms with van der Waals surface area (Å²) in [5.41, 5.74) is 4.83. The Morgan fingerprint density at radius 1 is 1.32 bits per heavy atom. The SMILES string of the molecule is O=C(NC1CC1)c1ccc2c3c1CCN3CCNC2. The highest BCUT2D eigenvalue weighted by Gasteiger charge is 2.30. The molecule has 0 spiro atoms. The molecule has 19 heavy (non-hydrogen) atoms. The fourth-order valence-electron chi connectivity index (χ4n) is 3.20. The maximum atomic E-state index is 12.3. The van der Waals surface area contributed by atoms with Gasteiger partial charge in [0.15, 0.2) is 0 Å². The van der Waals surface area contributed by atoms with Crippen molar-refractivity contribution in [3.8, 4) is 0 Å². The van der Waals surface area contributed by atoms with Crippen molar-refractivity contribution >= 4 is 11.6 Å². The second-order valence-electron chi connectivity index (χ2n) is 5.76. The first-order chi connectivity index (χ1) is 9.33. The number of hydrogen-bond donors (Lipinski definition) is 2. The number of rotatable bonds is 2. The molecule has 1 saturated carbocycles. The first kappa shape index (κ1) is 11.3. The number of anilines is 1. The van der Waals surface area contributed by atoms with Crippen molar-refractivity contribution in [2.24, 2.45) is 0 Å². The van der Waals surface area contributed by atoms with Gasteiger partial charge in [-0.15, -0.1) is 0 Å². The zero-order valence-corrected chi connectivity index (χ0v) is 11.0.